The Bertz CT molecular complexity index is 530. The third-order valence-electron chi connectivity index (χ3n) is 2.31. The van der Waals surface area contributed by atoms with Gasteiger partial charge in [0.1, 0.15) is 10.8 Å². The van der Waals surface area contributed by atoms with Gasteiger partial charge in [-0.25, -0.2) is 9.97 Å². The normalized spacial score (nSPS) is 10.1. The van der Waals surface area contributed by atoms with Crippen molar-refractivity contribution in [1.82, 2.24) is 19.9 Å². The molecule has 0 unspecified atom stereocenters. The van der Waals surface area contributed by atoms with E-state index in [-0.39, 0.29) is 16.8 Å². The summed E-state index contributed by atoms with van der Waals surface area (Å²) in [6, 6.07) is 5.57. The zero-order valence-corrected chi connectivity index (χ0v) is 10.5. The fourth-order valence-corrected chi connectivity index (χ4v) is 1.52. The number of pyridine rings is 1. The second-order valence-corrected chi connectivity index (χ2v) is 4.09. The van der Waals surface area contributed by atoms with Gasteiger partial charge in [0.25, 0.3) is 5.91 Å². The number of carbonyl (C=O) groups is 1. The molecule has 0 aliphatic carbocycles. The Kier molecular flexibility index (Phi) is 3.84. The molecule has 0 saturated heterocycles. The van der Waals surface area contributed by atoms with Crippen molar-refractivity contribution in [2.24, 2.45) is 0 Å². The largest absolute Gasteiger partial charge is 0.334 e. The first kappa shape index (κ1) is 12.4. The summed E-state index contributed by atoms with van der Waals surface area (Å²) in [4.78, 5) is 25.5. The van der Waals surface area contributed by atoms with Crippen LogP contribution in [0.5, 0.6) is 0 Å². The van der Waals surface area contributed by atoms with Gasteiger partial charge in [0, 0.05) is 13.2 Å². The van der Waals surface area contributed by atoms with Crippen LogP contribution in [-0.2, 0) is 6.54 Å². The molecule has 0 fully saturated rings. The molecule has 0 spiro atoms. The Morgan fingerprint density at radius 3 is 2.72 bits per heavy atom. The molecular formula is C12H11ClN4O. The predicted molar refractivity (Wildman–Crippen MR) is 67.1 cm³/mol. The van der Waals surface area contributed by atoms with Crippen LogP contribution in [0.3, 0.4) is 0 Å². The van der Waals surface area contributed by atoms with Crippen molar-refractivity contribution in [2.45, 2.75) is 6.54 Å². The molecule has 0 atom stereocenters. The van der Waals surface area contributed by atoms with Crippen molar-refractivity contribution in [3.63, 3.8) is 0 Å². The SMILES string of the molecule is CN(Cc1ccccn1)C(=O)c1cnc(Cl)cn1. The highest BCUT2D eigenvalue weighted by atomic mass is 35.5. The van der Waals surface area contributed by atoms with Gasteiger partial charge >= 0.3 is 0 Å². The van der Waals surface area contributed by atoms with E-state index in [1.54, 1.807) is 13.2 Å². The van der Waals surface area contributed by atoms with Crippen LogP contribution in [0.1, 0.15) is 16.2 Å². The quantitative estimate of drug-likeness (QED) is 0.846. The number of amides is 1. The van der Waals surface area contributed by atoms with Crippen molar-refractivity contribution in [2.75, 3.05) is 7.05 Å². The molecule has 0 bridgehead atoms. The zero-order chi connectivity index (χ0) is 13.0. The maximum Gasteiger partial charge on any atom is 0.274 e. The summed E-state index contributed by atoms with van der Waals surface area (Å²) >= 11 is 5.62. The lowest BCUT2D eigenvalue weighted by Gasteiger charge is -2.15. The lowest BCUT2D eigenvalue weighted by atomic mass is 10.3. The van der Waals surface area contributed by atoms with Gasteiger partial charge in [-0.15, -0.1) is 0 Å². The fourth-order valence-electron chi connectivity index (χ4n) is 1.42. The number of halogens is 1. The van der Waals surface area contributed by atoms with Crippen LogP contribution in [0.15, 0.2) is 36.8 Å². The number of nitrogens with zero attached hydrogens (tertiary/aromatic N) is 4. The number of carbonyl (C=O) groups excluding carboxylic acids is 1. The Labute approximate surface area is 109 Å². The first-order valence-corrected chi connectivity index (χ1v) is 5.67. The maximum absolute atomic E-state index is 12.0. The highest BCUT2D eigenvalue weighted by Crippen LogP contribution is 2.06. The van der Waals surface area contributed by atoms with Crippen LogP contribution in [0.2, 0.25) is 5.15 Å². The van der Waals surface area contributed by atoms with Gasteiger partial charge in [0.2, 0.25) is 0 Å². The van der Waals surface area contributed by atoms with E-state index in [0.717, 1.165) is 5.69 Å². The summed E-state index contributed by atoms with van der Waals surface area (Å²) in [5, 5.41) is 0.263. The van der Waals surface area contributed by atoms with Crippen LogP contribution >= 0.6 is 11.6 Å². The molecule has 0 N–H and O–H groups in total. The first-order valence-electron chi connectivity index (χ1n) is 5.30. The molecule has 5 nitrogen and oxygen atoms in total. The molecule has 0 aliphatic heterocycles. The second kappa shape index (κ2) is 5.55. The Morgan fingerprint density at radius 1 is 1.28 bits per heavy atom. The van der Waals surface area contributed by atoms with E-state index in [2.05, 4.69) is 15.0 Å². The lowest BCUT2D eigenvalue weighted by molar-refractivity contribution is 0.0777. The van der Waals surface area contributed by atoms with E-state index in [9.17, 15) is 4.79 Å². The smallest absolute Gasteiger partial charge is 0.274 e. The van der Waals surface area contributed by atoms with Gasteiger partial charge < -0.3 is 4.90 Å². The van der Waals surface area contributed by atoms with Crippen molar-refractivity contribution in [1.29, 1.82) is 0 Å². The average molecular weight is 263 g/mol. The van der Waals surface area contributed by atoms with E-state index < -0.39 is 0 Å². The van der Waals surface area contributed by atoms with Crippen LogP contribution in [0.4, 0.5) is 0 Å². The molecule has 0 aromatic carbocycles. The number of rotatable bonds is 3. The summed E-state index contributed by atoms with van der Waals surface area (Å²) < 4.78 is 0. The topological polar surface area (TPSA) is 59.0 Å². The van der Waals surface area contributed by atoms with Crippen molar-refractivity contribution >= 4 is 17.5 Å². The molecule has 0 saturated carbocycles. The maximum atomic E-state index is 12.0. The van der Waals surface area contributed by atoms with E-state index in [4.69, 9.17) is 11.6 Å². The molecule has 0 aliphatic rings. The van der Waals surface area contributed by atoms with Gasteiger partial charge in [-0.2, -0.15) is 0 Å². The third-order valence-corrected chi connectivity index (χ3v) is 2.51. The molecule has 2 aromatic rings. The molecule has 6 heteroatoms. The number of hydrogen-bond donors (Lipinski definition) is 0. The predicted octanol–water partition coefficient (Wildman–Crippen LogP) is 1.80. The molecule has 0 radical (unpaired) electrons. The van der Waals surface area contributed by atoms with Gasteiger partial charge in [0.05, 0.1) is 24.6 Å². The summed E-state index contributed by atoms with van der Waals surface area (Å²) in [5.74, 6) is -0.218. The van der Waals surface area contributed by atoms with E-state index in [1.165, 1.54) is 17.3 Å². The van der Waals surface area contributed by atoms with E-state index >= 15 is 0 Å². The second-order valence-electron chi connectivity index (χ2n) is 3.71. The van der Waals surface area contributed by atoms with Crippen LogP contribution in [0.25, 0.3) is 0 Å². The standard InChI is InChI=1S/C12H11ClN4O/c1-17(8-9-4-2-3-5-14-9)12(18)10-6-16-11(13)7-15-10/h2-7H,8H2,1H3. The van der Waals surface area contributed by atoms with Gasteiger partial charge in [-0.1, -0.05) is 17.7 Å². The molecule has 2 heterocycles. The molecule has 1 amide bonds. The molecule has 18 heavy (non-hydrogen) atoms. The number of hydrogen-bond acceptors (Lipinski definition) is 4. The van der Waals surface area contributed by atoms with Gasteiger partial charge in [-0.3, -0.25) is 9.78 Å². The van der Waals surface area contributed by atoms with Crippen LogP contribution in [0, 0.1) is 0 Å². The van der Waals surface area contributed by atoms with E-state index in [1.807, 2.05) is 18.2 Å². The van der Waals surface area contributed by atoms with Crippen LogP contribution < -0.4 is 0 Å². The fraction of sp³-hybridized carbons (Fsp3) is 0.167. The summed E-state index contributed by atoms with van der Waals surface area (Å²) in [7, 11) is 1.69. The third kappa shape index (κ3) is 3.01. The van der Waals surface area contributed by atoms with Crippen molar-refractivity contribution < 1.29 is 4.79 Å². The molecule has 92 valence electrons. The highest BCUT2D eigenvalue weighted by Gasteiger charge is 2.14. The summed E-state index contributed by atoms with van der Waals surface area (Å²) in [6.07, 6.45) is 4.40. The van der Waals surface area contributed by atoms with E-state index in [0.29, 0.717) is 6.54 Å². The Morgan fingerprint density at radius 2 is 2.11 bits per heavy atom. The van der Waals surface area contributed by atoms with Gasteiger partial charge in [0.15, 0.2) is 0 Å². The molecule has 2 rings (SSSR count). The summed E-state index contributed by atoms with van der Waals surface area (Å²) in [6.45, 7) is 0.421. The van der Waals surface area contributed by atoms with Crippen molar-refractivity contribution in [3.05, 3.63) is 53.3 Å². The summed E-state index contributed by atoms with van der Waals surface area (Å²) in [5.41, 5.74) is 1.08. The van der Waals surface area contributed by atoms with Crippen LogP contribution in [-0.4, -0.2) is 32.8 Å². The van der Waals surface area contributed by atoms with Gasteiger partial charge in [-0.05, 0) is 12.1 Å². The minimum absolute atomic E-state index is 0.218. The minimum atomic E-state index is -0.218. The zero-order valence-electron chi connectivity index (χ0n) is 9.75. The molecule has 2 aromatic heterocycles. The first-order chi connectivity index (χ1) is 8.66. The Hall–Kier alpha value is -2.01. The number of aromatic nitrogens is 3. The minimum Gasteiger partial charge on any atom is -0.334 e. The molecular weight excluding hydrogens is 252 g/mol. The highest BCUT2D eigenvalue weighted by molar-refractivity contribution is 6.29. The van der Waals surface area contributed by atoms with Crippen molar-refractivity contribution in [3.8, 4) is 0 Å². The average Bonchev–Trinajstić information content (AvgIpc) is 2.40. The Balaban J connectivity index is 2.07. The monoisotopic (exact) mass is 262 g/mol. The lowest BCUT2D eigenvalue weighted by Crippen LogP contribution is -2.27.